The van der Waals surface area contributed by atoms with Crippen LogP contribution in [0.3, 0.4) is 0 Å². The first-order valence-corrected chi connectivity index (χ1v) is 8.06. The number of rotatable bonds is 3. The standard InChI is InChI=1S/C17H15ClN2O.C2H6/c1-11-9-20(16-7-6-14(18)8-15(11)16)10-12-2-4-13(5-3-12)17(19)21;1-2/h2-9H,10H2,1H3,(H2,19,21);1-2H3. The lowest BCUT2D eigenvalue weighted by Gasteiger charge is -2.06. The molecule has 23 heavy (non-hydrogen) atoms. The third kappa shape index (κ3) is 3.74. The Morgan fingerprint density at radius 2 is 1.78 bits per heavy atom. The highest BCUT2D eigenvalue weighted by Gasteiger charge is 2.07. The third-order valence-corrected chi connectivity index (χ3v) is 3.87. The number of nitrogens with zero attached hydrogens (tertiary/aromatic N) is 1. The Bertz CT molecular complexity index is 819. The predicted molar refractivity (Wildman–Crippen MR) is 97.1 cm³/mol. The van der Waals surface area contributed by atoms with Gasteiger partial charge in [-0.3, -0.25) is 4.79 Å². The number of halogens is 1. The second kappa shape index (κ2) is 7.34. The van der Waals surface area contributed by atoms with E-state index in [-0.39, 0.29) is 0 Å². The van der Waals surface area contributed by atoms with Crippen LogP contribution in [0.4, 0.5) is 0 Å². The molecule has 3 nitrogen and oxygen atoms in total. The number of nitrogens with two attached hydrogens (primary N) is 1. The quantitative estimate of drug-likeness (QED) is 0.739. The van der Waals surface area contributed by atoms with Crippen LogP contribution in [0.2, 0.25) is 5.02 Å². The molecule has 3 rings (SSSR count). The second-order valence-electron chi connectivity index (χ2n) is 5.16. The van der Waals surface area contributed by atoms with Crippen LogP contribution in [-0.2, 0) is 6.54 Å². The topological polar surface area (TPSA) is 48.0 Å². The summed E-state index contributed by atoms with van der Waals surface area (Å²) in [6, 6.07) is 13.3. The van der Waals surface area contributed by atoms with Gasteiger partial charge in [0.25, 0.3) is 0 Å². The van der Waals surface area contributed by atoms with E-state index in [9.17, 15) is 4.79 Å². The van der Waals surface area contributed by atoms with E-state index >= 15 is 0 Å². The molecule has 0 saturated heterocycles. The predicted octanol–water partition coefficient (Wildman–Crippen LogP) is 4.78. The van der Waals surface area contributed by atoms with Crippen molar-refractivity contribution >= 4 is 28.4 Å². The Hall–Kier alpha value is -2.26. The molecule has 0 aliphatic carbocycles. The first-order chi connectivity index (χ1) is 11.0. The third-order valence-electron chi connectivity index (χ3n) is 3.63. The first kappa shape index (κ1) is 17.1. The highest BCUT2D eigenvalue weighted by Crippen LogP contribution is 2.25. The molecule has 0 atom stereocenters. The van der Waals surface area contributed by atoms with Gasteiger partial charge in [-0.1, -0.05) is 37.6 Å². The van der Waals surface area contributed by atoms with Gasteiger partial charge in [0.1, 0.15) is 0 Å². The summed E-state index contributed by atoms with van der Waals surface area (Å²) in [5, 5.41) is 1.91. The average Bonchev–Trinajstić information content (AvgIpc) is 2.85. The fourth-order valence-electron chi connectivity index (χ4n) is 2.55. The summed E-state index contributed by atoms with van der Waals surface area (Å²) in [5.41, 5.74) is 9.24. The molecule has 2 N–H and O–H groups in total. The normalized spacial score (nSPS) is 10.3. The minimum atomic E-state index is -0.404. The first-order valence-electron chi connectivity index (χ1n) is 7.68. The van der Waals surface area contributed by atoms with Crippen molar-refractivity contribution in [2.75, 3.05) is 0 Å². The molecule has 0 saturated carbocycles. The summed E-state index contributed by atoms with van der Waals surface area (Å²) in [6.07, 6.45) is 2.11. The number of hydrogen-bond acceptors (Lipinski definition) is 1. The van der Waals surface area contributed by atoms with Crippen LogP contribution in [0, 0.1) is 6.92 Å². The minimum absolute atomic E-state index is 0.404. The molecule has 0 unspecified atom stereocenters. The summed E-state index contributed by atoms with van der Waals surface area (Å²) >= 11 is 6.05. The Labute approximate surface area is 141 Å². The largest absolute Gasteiger partial charge is 0.366 e. The molecular formula is C19H21ClN2O. The number of aryl methyl sites for hydroxylation is 1. The monoisotopic (exact) mass is 328 g/mol. The van der Waals surface area contributed by atoms with E-state index in [2.05, 4.69) is 17.7 Å². The number of fused-ring (bicyclic) bond motifs is 1. The zero-order valence-electron chi connectivity index (χ0n) is 13.6. The maximum absolute atomic E-state index is 11.1. The van der Waals surface area contributed by atoms with Crippen LogP contribution in [0.5, 0.6) is 0 Å². The van der Waals surface area contributed by atoms with Gasteiger partial charge in [0.15, 0.2) is 0 Å². The fraction of sp³-hybridized carbons (Fsp3) is 0.211. The number of amides is 1. The molecule has 0 bridgehead atoms. The molecule has 1 amide bonds. The molecule has 0 fully saturated rings. The number of hydrogen-bond donors (Lipinski definition) is 1. The molecule has 0 radical (unpaired) electrons. The Morgan fingerprint density at radius 1 is 1.13 bits per heavy atom. The van der Waals surface area contributed by atoms with Gasteiger partial charge in [0.05, 0.1) is 0 Å². The summed E-state index contributed by atoms with van der Waals surface area (Å²) in [5.74, 6) is -0.404. The highest BCUT2D eigenvalue weighted by molar-refractivity contribution is 6.31. The van der Waals surface area contributed by atoms with Crippen molar-refractivity contribution in [1.82, 2.24) is 4.57 Å². The van der Waals surface area contributed by atoms with Crippen molar-refractivity contribution in [3.63, 3.8) is 0 Å². The molecule has 120 valence electrons. The fourth-order valence-corrected chi connectivity index (χ4v) is 2.72. The summed E-state index contributed by atoms with van der Waals surface area (Å²) in [6.45, 7) is 6.82. The van der Waals surface area contributed by atoms with Crippen LogP contribution < -0.4 is 5.73 Å². The van der Waals surface area contributed by atoms with Gasteiger partial charge in [0, 0.05) is 34.2 Å². The lowest BCUT2D eigenvalue weighted by atomic mass is 10.1. The van der Waals surface area contributed by atoms with Crippen LogP contribution in [0.25, 0.3) is 10.9 Å². The lowest BCUT2D eigenvalue weighted by molar-refractivity contribution is 0.100. The van der Waals surface area contributed by atoms with Gasteiger partial charge in [-0.05, 0) is 48.4 Å². The zero-order chi connectivity index (χ0) is 17.0. The van der Waals surface area contributed by atoms with Crippen molar-refractivity contribution in [1.29, 1.82) is 0 Å². The van der Waals surface area contributed by atoms with Crippen molar-refractivity contribution in [3.8, 4) is 0 Å². The van der Waals surface area contributed by atoms with E-state index in [0.717, 1.165) is 28.0 Å². The highest BCUT2D eigenvalue weighted by atomic mass is 35.5. The number of carbonyl (C=O) groups is 1. The van der Waals surface area contributed by atoms with E-state index in [1.165, 1.54) is 5.56 Å². The number of primary amides is 1. The minimum Gasteiger partial charge on any atom is -0.366 e. The second-order valence-corrected chi connectivity index (χ2v) is 5.60. The van der Waals surface area contributed by atoms with Crippen LogP contribution >= 0.6 is 11.6 Å². The number of aromatic nitrogens is 1. The summed E-state index contributed by atoms with van der Waals surface area (Å²) in [7, 11) is 0. The van der Waals surface area contributed by atoms with Crippen molar-refractivity contribution < 1.29 is 4.79 Å². The van der Waals surface area contributed by atoms with E-state index in [1.54, 1.807) is 12.1 Å². The molecule has 1 aromatic heterocycles. The number of benzene rings is 2. The van der Waals surface area contributed by atoms with Crippen LogP contribution in [0.1, 0.15) is 35.3 Å². The number of carbonyl (C=O) groups excluding carboxylic acids is 1. The van der Waals surface area contributed by atoms with Gasteiger partial charge in [-0.25, -0.2) is 0 Å². The lowest BCUT2D eigenvalue weighted by Crippen LogP contribution is -2.10. The van der Waals surface area contributed by atoms with Crippen molar-refractivity contribution in [3.05, 3.63) is 70.4 Å². The Kier molecular flexibility index (Phi) is 5.45. The van der Waals surface area contributed by atoms with Gasteiger partial charge in [-0.2, -0.15) is 0 Å². The molecule has 0 aliphatic rings. The molecule has 0 aliphatic heterocycles. The molecule has 3 aromatic rings. The van der Waals surface area contributed by atoms with Gasteiger partial charge < -0.3 is 10.3 Å². The SMILES string of the molecule is CC.Cc1cn(Cc2ccc(C(N)=O)cc2)c2ccc(Cl)cc12. The van der Waals surface area contributed by atoms with Crippen LogP contribution in [0.15, 0.2) is 48.7 Å². The van der Waals surface area contributed by atoms with E-state index in [4.69, 9.17) is 17.3 Å². The molecule has 0 spiro atoms. The van der Waals surface area contributed by atoms with Crippen LogP contribution in [-0.4, -0.2) is 10.5 Å². The van der Waals surface area contributed by atoms with Crippen molar-refractivity contribution in [2.45, 2.75) is 27.3 Å². The molecule has 1 heterocycles. The van der Waals surface area contributed by atoms with E-state index in [0.29, 0.717) is 5.56 Å². The molecule has 2 aromatic carbocycles. The Balaban J connectivity index is 0.000000924. The van der Waals surface area contributed by atoms with Crippen molar-refractivity contribution in [2.24, 2.45) is 5.73 Å². The summed E-state index contributed by atoms with van der Waals surface area (Å²) < 4.78 is 2.18. The molecule has 4 heteroatoms. The zero-order valence-corrected chi connectivity index (χ0v) is 14.4. The Morgan fingerprint density at radius 3 is 2.39 bits per heavy atom. The van der Waals surface area contributed by atoms with Gasteiger partial charge in [0.2, 0.25) is 5.91 Å². The van der Waals surface area contributed by atoms with Gasteiger partial charge in [-0.15, -0.1) is 0 Å². The molecular weight excluding hydrogens is 308 g/mol. The summed E-state index contributed by atoms with van der Waals surface area (Å²) in [4.78, 5) is 11.1. The van der Waals surface area contributed by atoms with Gasteiger partial charge >= 0.3 is 0 Å². The smallest absolute Gasteiger partial charge is 0.248 e. The van der Waals surface area contributed by atoms with E-state index in [1.807, 2.05) is 44.2 Å². The van der Waals surface area contributed by atoms with E-state index < -0.39 is 5.91 Å². The maximum atomic E-state index is 11.1. The average molecular weight is 329 g/mol. The maximum Gasteiger partial charge on any atom is 0.248 e.